The molecule has 5 fully saturated rings. The van der Waals surface area contributed by atoms with Crippen LogP contribution in [0, 0.1) is 17.8 Å². The van der Waals surface area contributed by atoms with Crippen molar-refractivity contribution in [3.05, 3.63) is 41.9 Å². The number of carbonyl (C=O) groups is 2. The minimum Gasteiger partial charge on any atom is -0.490 e. The number of likely N-dealkylation sites (tertiary alicyclic amines) is 1. The number of hydrogen-bond donors (Lipinski definition) is 2. The number of carboxylic acid groups (broad SMARTS) is 1. The maximum Gasteiger partial charge on any atom is 0.329 e. The van der Waals surface area contributed by atoms with Crippen molar-refractivity contribution in [3.63, 3.8) is 0 Å². The minimum absolute atomic E-state index is 0.0203. The molecule has 0 spiro atoms. The highest BCUT2D eigenvalue weighted by Crippen LogP contribution is 2.51. The first kappa shape index (κ1) is 37.1. The lowest BCUT2D eigenvalue weighted by molar-refractivity contribution is -0.151. The number of amides is 1. The maximum absolute atomic E-state index is 15.4. The van der Waals surface area contributed by atoms with E-state index in [4.69, 9.17) is 4.74 Å². The molecule has 1 amide bonds. The van der Waals surface area contributed by atoms with E-state index in [2.05, 4.69) is 22.2 Å². The molecule has 5 aliphatic rings. The molecule has 2 aromatic heterocycles. The van der Waals surface area contributed by atoms with Crippen LogP contribution in [0.2, 0.25) is 0 Å². The molecule has 4 aliphatic carbocycles. The molecule has 292 valence electrons. The lowest BCUT2D eigenvalue weighted by atomic mass is 9.78. The van der Waals surface area contributed by atoms with Crippen molar-refractivity contribution in [2.45, 2.75) is 133 Å². The minimum atomic E-state index is -3.56. The number of carbonyl (C=O) groups excluding carboxylic acids is 1. The number of aliphatic carboxylic acids is 1. The van der Waals surface area contributed by atoms with Crippen LogP contribution in [0.3, 0.4) is 0 Å². The van der Waals surface area contributed by atoms with Gasteiger partial charge in [-0.2, -0.15) is 8.78 Å². The van der Waals surface area contributed by atoms with Gasteiger partial charge in [-0.15, -0.1) is 0 Å². The van der Waals surface area contributed by atoms with Crippen LogP contribution in [-0.2, 0) is 10.7 Å². The Balaban J connectivity index is 1.09. The van der Waals surface area contributed by atoms with Crippen molar-refractivity contribution in [1.29, 1.82) is 0 Å². The summed E-state index contributed by atoms with van der Waals surface area (Å²) in [5.74, 6) is -7.54. The second-order valence-corrected chi connectivity index (χ2v) is 17.0. The molecule has 3 heterocycles. The largest absolute Gasteiger partial charge is 0.490 e. The number of aromatic nitrogens is 3. The normalized spacial score (nSPS) is 32.6. The smallest absolute Gasteiger partial charge is 0.329 e. The van der Waals surface area contributed by atoms with Crippen LogP contribution in [0.4, 0.5) is 22.0 Å². The lowest BCUT2D eigenvalue weighted by Crippen LogP contribution is -2.60. The summed E-state index contributed by atoms with van der Waals surface area (Å²) in [4.78, 5) is 37.1. The number of nitrogens with one attached hydrogen (secondary N) is 1. The molecule has 0 radical (unpaired) electrons. The number of halogens is 5. The zero-order valence-electron chi connectivity index (χ0n) is 30.7. The van der Waals surface area contributed by atoms with E-state index < -0.39 is 46.7 Å². The molecule has 4 unspecified atom stereocenters. The monoisotopic (exact) mass is 757 g/mol. The van der Waals surface area contributed by atoms with Gasteiger partial charge in [-0.3, -0.25) is 9.69 Å². The standard InChI is InChI=1S/C40H48F5N5O4/c1-22-13-23-15-24(14-22)40(17-23,37(52)53)48-36(51)31-18-46-35(47-34(31)38(2,42)43)32-19-50(27-5-3-25(41)4-6-27)33-16-29(11-12-30(32)33)54-28-9-7-26(8-10-28)49-20-39(44,45)21-49/h11-12,16,18-19,22-28H,3-10,13-15,17,20-21H2,1-2H3,(H,48,51)(H,52,53). The Morgan fingerprint density at radius 3 is 2.37 bits per heavy atom. The Morgan fingerprint density at radius 2 is 1.70 bits per heavy atom. The van der Waals surface area contributed by atoms with Gasteiger partial charge >= 0.3 is 5.97 Å². The van der Waals surface area contributed by atoms with E-state index in [0.29, 0.717) is 68.1 Å². The summed E-state index contributed by atoms with van der Waals surface area (Å²) in [7, 11) is 0. The van der Waals surface area contributed by atoms with Crippen molar-refractivity contribution in [2.24, 2.45) is 17.8 Å². The third kappa shape index (κ3) is 6.96. The average Bonchev–Trinajstić information content (AvgIpc) is 3.61. The van der Waals surface area contributed by atoms with Crippen LogP contribution in [-0.4, -0.2) is 79.3 Å². The molecule has 14 heteroatoms. The molecule has 1 aliphatic heterocycles. The van der Waals surface area contributed by atoms with Crippen LogP contribution in [0.1, 0.15) is 113 Å². The van der Waals surface area contributed by atoms with E-state index in [0.717, 1.165) is 43.8 Å². The molecule has 9 nitrogen and oxygen atoms in total. The van der Waals surface area contributed by atoms with Crippen LogP contribution in [0.15, 0.2) is 30.6 Å². The number of fused-ring (bicyclic) bond motifs is 3. The zero-order chi connectivity index (χ0) is 38.2. The van der Waals surface area contributed by atoms with Crippen molar-refractivity contribution in [3.8, 4) is 17.1 Å². The molecule has 1 saturated heterocycles. The first-order valence-corrected chi connectivity index (χ1v) is 19.5. The third-order valence-electron chi connectivity index (χ3n) is 12.9. The number of benzene rings is 1. The SMILES string of the molecule is CC1CC2CC(C1)C(NC(=O)c1cnc(-c3cn(C4CCC(F)CC4)c4cc(OC5CCC(N6CC(F)(F)C6)CC5)ccc34)nc1C(C)(F)F)(C(=O)O)C2. The van der Waals surface area contributed by atoms with Gasteiger partial charge in [0.1, 0.15) is 23.2 Å². The number of hydrogen-bond acceptors (Lipinski definition) is 6. The van der Waals surface area contributed by atoms with E-state index in [1.807, 2.05) is 21.6 Å². The summed E-state index contributed by atoms with van der Waals surface area (Å²) in [6.45, 7) is 2.34. The Kier molecular flexibility index (Phi) is 9.45. The maximum atomic E-state index is 15.4. The number of carboxylic acids is 1. The lowest BCUT2D eigenvalue weighted by Gasteiger charge is -2.46. The van der Waals surface area contributed by atoms with Gasteiger partial charge < -0.3 is 19.7 Å². The van der Waals surface area contributed by atoms with Crippen LogP contribution >= 0.6 is 0 Å². The van der Waals surface area contributed by atoms with Gasteiger partial charge in [0.25, 0.3) is 17.8 Å². The summed E-state index contributed by atoms with van der Waals surface area (Å²) in [6, 6.07) is 5.59. The fourth-order valence-corrected chi connectivity index (χ4v) is 10.3. The summed E-state index contributed by atoms with van der Waals surface area (Å²) >= 11 is 0. The number of ether oxygens (including phenoxy) is 1. The molecule has 54 heavy (non-hydrogen) atoms. The zero-order valence-corrected chi connectivity index (χ0v) is 30.7. The first-order valence-electron chi connectivity index (χ1n) is 19.5. The predicted molar refractivity (Wildman–Crippen MR) is 191 cm³/mol. The Morgan fingerprint density at radius 1 is 1.00 bits per heavy atom. The van der Waals surface area contributed by atoms with Gasteiger partial charge in [-0.1, -0.05) is 6.92 Å². The van der Waals surface area contributed by atoms with Gasteiger partial charge in [0, 0.05) is 48.4 Å². The highest BCUT2D eigenvalue weighted by Gasteiger charge is 2.56. The third-order valence-corrected chi connectivity index (χ3v) is 12.9. The summed E-state index contributed by atoms with van der Waals surface area (Å²) in [5.41, 5.74) is -1.61. The van der Waals surface area contributed by atoms with E-state index in [1.54, 1.807) is 12.3 Å². The van der Waals surface area contributed by atoms with Gasteiger partial charge in [0.15, 0.2) is 5.82 Å². The van der Waals surface area contributed by atoms with Gasteiger partial charge in [-0.05, 0) is 107 Å². The second-order valence-electron chi connectivity index (χ2n) is 17.0. The highest BCUT2D eigenvalue weighted by atomic mass is 19.3. The average molecular weight is 758 g/mol. The molecule has 8 rings (SSSR count). The van der Waals surface area contributed by atoms with E-state index >= 15 is 8.78 Å². The van der Waals surface area contributed by atoms with Crippen LogP contribution in [0.5, 0.6) is 5.75 Å². The molecular formula is C40H48F5N5O4. The Hall–Kier alpha value is -3.81. The topological polar surface area (TPSA) is 110 Å². The molecule has 2 bridgehead atoms. The number of nitrogens with zero attached hydrogens (tertiary/aromatic N) is 4. The van der Waals surface area contributed by atoms with E-state index in [1.165, 1.54) is 0 Å². The fourth-order valence-electron chi connectivity index (χ4n) is 10.3. The van der Waals surface area contributed by atoms with Crippen molar-refractivity contribution < 1.29 is 41.4 Å². The summed E-state index contributed by atoms with van der Waals surface area (Å²) in [5, 5.41) is 13.7. The van der Waals surface area contributed by atoms with Gasteiger partial charge in [0.2, 0.25) is 0 Å². The van der Waals surface area contributed by atoms with Crippen molar-refractivity contribution in [1.82, 2.24) is 24.8 Å². The van der Waals surface area contributed by atoms with Crippen LogP contribution in [0.25, 0.3) is 22.3 Å². The number of rotatable bonds is 9. The van der Waals surface area contributed by atoms with E-state index in [9.17, 15) is 27.9 Å². The highest BCUT2D eigenvalue weighted by molar-refractivity contribution is 6.00. The summed E-state index contributed by atoms with van der Waals surface area (Å²) in [6.07, 6.45) is 9.24. The molecule has 3 aromatic rings. The Bertz CT molecular complexity index is 1910. The fraction of sp³-hybridized carbons (Fsp3) is 0.650. The Labute approximate surface area is 311 Å². The molecular weight excluding hydrogens is 709 g/mol. The van der Waals surface area contributed by atoms with Gasteiger partial charge in [-0.25, -0.2) is 27.9 Å². The molecule has 2 N–H and O–H groups in total. The van der Waals surface area contributed by atoms with E-state index in [-0.39, 0.29) is 55.4 Å². The molecule has 4 saturated carbocycles. The quantitative estimate of drug-likeness (QED) is 0.212. The van der Waals surface area contributed by atoms with Crippen molar-refractivity contribution >= 4 is 22.8 Å². The molecule has 4 atom stereocenters. The van der Waals surface area contributed by atoms with Gasteiger partial charge in [0.05, 0.1) is 30.3 Å². The van der Waals surface area contributed by atoms with Crippen LogP contribution < -0.4 is 10.1 Å². The number of alkyl halides is 5. The molecule has 1 aromatic carbocycles. The second kappa shape index (κ2) is 13.7. The first-order chi connectivity index (χ1) is 25.6. The predicted octanol–water partition coefficient (Wildman–Crippen LogP) is 8.31. The van der Waals surface area contributed by atoms with Crippen molar-refractivity contribution in [2.75, 3.05) is 13.1 Å². The summed E-state index contributed by atoms with van der Waals surface area (Å²) < 4.78 is 80.3.